The molecule has 0 aromatic heterocycles. The zero-order chi connectivity index (χ0) is 21.2. The van der Waals surface area contributed by atoms with Crippen LogP contribution in [0, 0.1) is 19.7 Å². The highest BCUT2D eigenvalue weighted by atomic mass is 32.2. The minimum atomic E-state index is -3.65. The fourth-order valence-electron chi connectivity index (χ4n) is 3.58. The standard InChI is InChI=1S/C21H26FN3O3S/c1-15-4-9-20(16(2)14-15)23-21(26)17(3)24-10-12-25(13-11-24)29(27,28)19-7-5-18(22)6-8-19/h4-9,14,17H,10-13H2,1-3H3,(H,23,26)/p+1/t17-/m0/s1. The lowest BCUT2D eigenvalue weighted by atomic mass is 10.1. The molecule has 3 rings (SSSR count). The molecule has 1 heterocycles. The van der Waals surface area contributed by atoms with Gasteiger partial charge in [-0.05, 0) is 56.7 Å². The number of halogens is 1. The average Bonchev–Trinajstić information content (AvgIpc) is 2.70. The van der Waals surface area contributed by atoms with Gasteiger partial charge in [0.25, 0.3) is 5.91 Å². The number of hydrogen-bond acceptors (Lipinski definition) is 3. The molecule has 6 nitrogen and oxygen atoms in total. The number of rotatable bonds is 5. The van der Waals surface area contributed by atoms with Crippen LogP contribution in [0.2, 0.25) is 0 Å². The van der Waals surface area contributed by atoms with E-state index in [0.717, 1.165) is 33.8 Å². The monoisotopic (exact) mass is 420 g/mol. The smallest absolute Gasteiger partial charge is 0.282 e. The molecule has 8 heteroatoms. The molecule has 29 heavy (non-hydrogen) atoms. The zero-order valence-corrected chi connectivity index (χ0v) is 17.7. The fraction of sp³-hybridized carbons (Fsp3) is 0.381. The van der Waals surface area contributed by atoms with Crippen LogP contribution in [-0.4, -0.2) is 50.9 Å². The van der Waals surface area contributed by atoms with Crippen molar-refractivity contribution < 1.29 is 22.5 Å². The molecular formula is C21H27FN3O3S+. The third-order valence-corrected chi connectivity index (χ3v) is 7.37. The number of hydrogen-bond donors (Lipinski definition) is 2. The van der Waals surface area contributed by atoms with Crippen LogP contribution in [0.1, 0.15) is 18.1 Å². The molecule has 0 bridgehead atoms. The summed E-state index contributed by atoms with van der Waals surface area (Å²) in [7, 11) is -3.65. The first-order valence-electron chi connectivity index (χ1n) is 9.67. The molecule has 1 aliphatic heterocycles. The Morgan fingerprint density at radius 3 is 2.31 bits per heavy atom. The molecule has 1 fully saturated rings. The van der Waals surface area contributed by atoms with E-state index in [9.17, 15) is 17.6 Å². The number of carbonyl (C=O) groups is 1. The minimum absolute atomic E-state index is 0.0817. The van der Waals surface area contributed by atoms with Crippen LogP contribution >= 0.6 is 0 Å². The summed E-state index contributed by atoms with van der Waals surface area (Å²) < 4.78 is 39.9. The van der Waals surface area contributed by atoms with Gasteiger partial charge in [0.1, 0.15) is 5.82 Å². The van der Waals surface area contributed by atoms with Gasteiger partial charge in [0.2, 0.25) is 10.0 Å². The molecule has 1 atom stereocenters. The van der Waals surface area contributed by atoms with Crippen molar-refractivity contribution in [2.75, 3.05) is 31.5 Å². The molecular weight excluding hydrogens is 393 g/mol. The minimum Gasteiger partial charge on any atom is -0.323 e. The van der Waals surface area contributed by atoms with Crippen LogP contribution in [0.4, 0.5) is 10.1 Å². The number of nitrogens with zero attached hydrogens (tertiary/aromatic N) is 1. The second kappa shape index (κ2) is 8.61. The second-order valence-corrected chi connectivity index (χ2v) is 9.48. The Labute approximate surface area is 171 Å². The van der Waals surface area contributed by atoms with Gasteiger partial charge in [0.05, 0.1) is 31.1 Å². The Morgan fingerprint density at radius 1 is 1.10 bits per heavy atom. The molecule has 0 saturated carbocycles. The molecule has 2 aromatic carbocycles. The molecule has 1 saturated heterocycles. The number of nitrogens with one attached hydrogen (secondary N) is 2. The number of quaternary nitrogens is 1. The van der Waals surface area contributed by atoms with E-state index in [-0.39, 0.29) is 16.8 Å². The van der Waals surface area contributed by atoms with E-state index in [1.165, 1.54) is 16.4 Å². The first-order valence-corrected chi connectivity index (χ1v) is 11.1. The summed E-state index contributed by atoms with van der Waals surface area (Å²) in [5.41, 5.74) is 2.94. The van der Waals surface area contributed by atoms with E-state index in [2.05, 4.69) is 5.32 Å². The van der Waals surface area contributed by atoms with Gasteiger partial charge in [-0.1, -0.05) is 17.7 Å². The second-order valence-electron chi connectivity index (χ2n) is 7.55. The number of carbonyl (C=O) groups excluding carboxylic acids is 1. The summed E-state index contributed by atoms with van der Waals surface area (Å²) in [6.45, 7) is 7.51. The molecule has 2 aromatic rings. The number of amides is 1. The lowest BCUT2D eigenvalue weighted by Crippen LogP contribution is -3.19. The van der Waals surface area contributed by atoms with Crippen molar-refractivity contribution in [3.05, 3.63) is 59.4 Å². The van der Waals surface area contributed by atoms with Crippen LogP contribution in [0.5, 0.6) is 0 Å². The van der Waals surface area contributed by atoms with Gasteiger partial charge in [0.15, 0.2) is 6.04 Å². The Bertz CT molecular complexity index is 985. The maximum Gasteiger partial charge on any atom is 0.282 e. The van der Waals surface area contributed by atoms with Crippen LogP contribution in [-0.2, 0) is 14.8 Å². The summed E-state index contributed by atoms with van der Waals surface area (Å²) in [6.07, 6.45) is 0. The first kappa shape index (κ1) is 21.4. The number of aryl methyl sites for hydroxylation is 2. The maximum absolute atomic E-state index is 13.1. The Kier molecular flexibility index (Phi) is 6.36. The van der Waals surface area contributed by atoms with Gasteiger partial charge >= 0.3 is 0 Å². The van der Waals surface area contributed by atoms with Gasteiger partial charge < -0.3 is 10.2 Å². The predicted octanol–water partition coefficient (Wildman–Crippen LogP) is 1.36. The van der Waals surface area contributed by atoms with E-state index in [4.69, 9.17) is 0 Å². The van der Waals surface area contributed by atoms with E-state index < -0.39 is 15.8 Å². The topological polar surface area (TPSA) is 70.9 Å². The highest BCUT2D eigenvalue weighted by Crippen LogP contribution is 2.17. The third-order valence-electron chi connectivity index (χ3n) is 5.46. The summed E-state index contributed by atoms with van der Waals surface area (Å²) in [4.78, 5) is 13.8. The summed E-state index contributed by atoms with van der Waals surface area (Å²) >= 11 is 0. The van der Waals surface area contributed by atoms with Crippen molar-refractivity contribution in [1.29, 1.82) is 0 Å². The normalized spacial score (nSPS) is 17.1. The number of benzene rings is 2. The Morgan fingerprint density at radius 2 is 1.72 bits per heavy atom. The lowest BCUT2D eigenvalue weighted by Gasteiger charge is -2.34. The fourth-order valence-corrected chi connectivity index (χ4v) is 5.02. The van der Waals surface area contributed by atoms with Crippen molar-refractivity contribution in [1.82, 2.24) is 4.31 Å². The average molecular weight is 421 g/mol. The van der Waals surface area contributed by atoms with Crippen LogP contribution in [0.15, 0.2) is 47.4 Å². The number of sulfonamides is 1. The van der Waals surface area contributed by atoms with Crippen molar-refractivity contribution >= 4 is 21.6 Å². The van der Waals surface area contributed by atoms with Gasteiger partial charge in [-0.2, -0.15) is 4.31 Å². The molecule has 0 aliphatic carbocycles. The SMILES string of the molecule is Cc1ccc(NC(=O)[C@H](C)[NH+]2CCN(S(=O)(=O)c3ccc(F)cc3)CC2)c(C)c1. The Hall–Kier alpha value is -2.29. The largest absolute Gasteiger partial charge is 0.323 e. The molecule has 0 spiro atoms. The van der Waals surface area contributed by atoms with Gasteiger partial charge in [-0.3, -0.25) is 4.79 Å². The molecule has 0 unspecified atom stereocenters. The van der Waals surface area contributed by atoms with Crippen molar-refractivity contribution in [2.45, 2.75) is 31.7 Å². The predicted molar refractivity (Wildman–Crippen MR) is 110 cm³/mol. The van der Waals surface area contributed by atoms with E-state index in [0.29, 0.717) is 26.2 Å². The summed E-state index contributed by atoms with van der Waals surface area (Å²) in [5, 5.41) is 2.98. The molecule has 1 aliphatic rings. The van der Waals surface area contributed by atoms with Crippen LogP contribution in [0.25, 0.3) is 0 Å². The van der Waals surface area contributed by atoms with Gasteiger partial charge in [-0.15, -0.1) is 0 Å². The quantitative estimate of drug-likeness (QED) is 0.767. The molecule has 2 N–H and O–H groups in total. The van der Waals surface area contributed by atoms with Crippen molar-refractivity contribution in [3.63, 3.8) is 0 Å². The maximum atomic E-state index is 13.1. The number of anilines is 1. The highest BCUT2D eigenvalue weighted by molar-refractivity contribution is 7.89. The summed E-state index contributed by atoms with van der Waals surface area (Å²) in [6, 6.07) is 10.4. The Balaban J connectivity index is 1.60. The number of piperazine rings is 1. The van der Waals surface area contributed by atoms with Crippen molar-refractivity contribution in [3.8, 4) is 0 Å². The highest BCUT2D eigenvalue weighted by Gasteiger charge is 2.34. The van der Waals surface area contributed by atoms with Gasteiger partial charge in [-0.25, -0.2) is 12.8 Å². The summed E-state index contributed by atoms with van der Waals surface area (Å²) in [5.74, 6) is -0.552. The van der Waals surface area contributed by atoms with E-state index >= 15 is 0 Å². The molecule has 156 valence electrons. The van der Waals surface area contributed by atoms with Gasteiger partial charge in [0, 0.05) is 5.69 Å². The van der Waals surface area contributed by atoms with Crippen LogP contribution in [0.3, 0.4) is 0 Å². The lowest BCUT2D eigenvalue weighted by molar-refractivity contribution is -0.917. The molecule has 0 radical (unpaired) electrons. The van der Waals surface area contributed by atoms with E-state index in [1.807, 2.05) is 39.0 Å². The van der Waals surface area contributed by atoms with Crippen molar-refractivity contribution in [2.24, 2.45) is 0 Å². The molecule has 1 amide bonds. The third kappa shape index (κ3) is 4.83. The van der Waals surface area contributed by atoms with Crippen LogP contribution < -0.4 is 10.2 Å². The first-order chi connectivity index (χ1) is 13.7. The zero-order valence-electron chi connectivity index (χ0n) is 16.9. The van der Waals surface area contributed by atoms with E-state index in [1.54, 1.807) is 0 Å².